The topological polar surface area (TPSA) is 70.8 Å². The Kier molecular flexibility index (Phi) is 2.71. The number of thiophene rings is 1. The number of nitrogens with zero attached hydrogens (tertiary/aromatic N) is 3. The summed E-state index contributed by atoms with van der Waals surface area (Å²) in [4.78, 5) is 7.86. The van der Waals surface area contributed by atoms with Crippen molar-refractivity contribution in [3.8, 4) is 10.7 Å². The molecule has 2 aromatic heterocycles. The summed E-state index contributed by atoms with van der Waals surface area (Å²) in [6.07, 6.45) is 1.01. The molecule has 1 fully saturated rings. The molecule has 20 heavy (non-hydrogen) atoms. The molecule has 0 bridgehead atoms. The van der Waals surface area contributed by atoms with Gasteiger partial charge in [-0.3, -0.25) is 5.10 Å². The highest BCUT2D eigenvalue weighted by atomic mass is 32.1. The number of fused-ring (bicyclic) bond motifs is 1. The maximum Gasteiger partial charge on any atom is 0.245 e. The van der Waals surface area contributed by atoms with Crippen LogP contribution >= 0.6 is 11.3 Å². The van der Waals surface area contributed by atoms with E-state index in [1.54, 1.807) is 11.3 Å². The molecule has 0 radical (unpaired) electrons. The number of hydrogen-bond acceptors (Lipinski definition) is 5. The quantitative estimate of drug-likeness (QED) is 0.757. The first-order chi connectivity index (χ1) is 9.79. The number of nitrogens with two attached hydrogens (primary N) is 1. The highest BCUT2D eigenvalue weighted by molar-refractivity contribution is 7.22. The minimum Gasteiger partial charge on any atom is -0.338 e. The first kappa shape index (κ1) is 11.9. The lowest BCUT2D eigenvalue weighted by Gasteiger charge is -2.11. The van der Waals surface area contributed by atoms with E-state index in [-0.39, 0.29) is 6.04 Å². The summed E-state index contributed by atoms with van der Waals surface area (Å²) < 4.78 is 1.27. The number of aromatic amines is 1. The molecular formula is C14H15N5S. The van der Waals surface area contributed by atoms with Crippen molar-refractivity contribution in [2.75, 3.05) is 18.0 Å². The molecule has 1 aliphatic heterocycles. The highest BCUT2D eigenvalue weighted by Crippen LogP contribution is 2.32. The molecule has 3 N–H and O–H groups in total. The normalized spacial score (nSPS) is 19.1. The molecule has 0 amide bonds. The lowest BCUT2D eigenvalue weighted by molar-refractivity contribution is 0.750. The predicted octanol–water partition coefficient (Wildman–Crippen LogP) is 2.22. The molecule has 1 aliphatic rings. The van der Waals surface area contributed by atoms with E-state index >= 15 is 0 Å². The minimum atomic E-state index is 0.237. The molecular weight excluding hydrogens is 270 g/mol. The van der Waals surface area contributed by atoms with Crippen LogP contribution in [0, 0.1) is 0 Å². The van der Waals surface area contributed by atoms with E-state index in [0.29, 0.717) is 0 Å². The van der Waals surface area contributed by atoms with Crippen LogP contribution in [0.15, 0.2) is 30.3 Å². The van der Waals surface area contributed by atoms with Gasteiger partial charge in [0.1, 0.15) is 0 Å². The van der Waals surface area contributed by atoms with Gasteiger partial charge in [0, 0.05) is 23.8 Å². The van der Waals surface area contributed by atoms with Gasteiger partial charge in [0.2, 0.25) is 5.95 Å². The fourth-order valence-corrected chi connectivity index (χ4v) is 3.57. The van der Waals surface area contributed by atoms with Crippen molar-refractivity contribution in [2.24, 2.45) is 5.73 Å². The average molecular weight is 285 g/mol. The Morgan fingerprint density at radius 3 is 3.05 bits per heavy atom. The molecule has 1 saturated heterocycles. The van der Waals surface area contributed by atoms with Crippen molar-refractivity contribution in [2.45, 2.75) is 12.5 Å². The summed E-state index contributed by atoms with van der Waals surface area (Å²) in [5, 5.41) is 8.61. The maximum atomic E-state index is 5.93. The second kappa shape index (κ2) is 4.57. The predicted molar refractivity (Wildman–Crippen MR) is 82.0 cm³/mol. The number of nitrogens with one attached hydrogen (secondary N) is 1. The molecule has 1 atom stereocenters. The molecule has 0 aliphatic carbocycles. The Morgan fingerprint density at radius 2 is 2.25 bits per heavy atom. The van der Waals surface area contributed by atoms with Gasteiger partial charge in [0.15, 0.2) is 5.82 Å². The smallest absolute Gasteiger partial charge is 0.245 e. The van der Waals surface area contributed by atoms with Gasteiger partial charge in [-0.05, 0) is 23.9 Å². The van der Waals surface area contributed by atoms with E-state index in [9.17, 15) is 0 Å². The van der Waals surface area contributed by atoms with Gasteiger partial charge in [-0.2, -0.15) is 4.98 Å². The van der Waals surface area contributed by atoms with Crippen LogP contribution in [0.3, 0.4) is 0 Å². The molecule has 6 heteroatoms. The third kappa shape index (κ3) is 1.97. The van der Waals surface area contributed by atoms with Crippen LogP contribution < -0.4 is 10.6 Å². The number of benzene rings is 1. The van der Waals surface area contributed by atoms with Gasteiger partial charge in [-0.1, -0.05) is 18.2 Å². The van der Waals surface area contributed by atoms with Crippen molar-refractivity contribution >= 4 is 27.4 Å². The lowest BCUT2D eigenvalue weighted by atomic mass is 10.2. The second-order valence-corrected chi connectivity index (χ2v) is 6.21. The molecule has 0 saturated carbocycles. The van der Waals surface area contributed by atoms with E-state index in [4.69, 9.17) is 5.73 Å². The molecule has 3 heterocycles. The molecule has 1 aromatic carbocycles. The Labute approximate surface area is 120 Å². The van der Waals surface area contributed by atoms with Crippen LogP contribution in [0.25, 0.3) is 20.8 Å². The number of hydrogen-bond donors (Lipinski definition) is 2. The van der Waals surface area contributed by atoms with Crippen molar-refractivity contribution in [1.29, 1.82) is 0 Å². The molecule has 102 valence electrons. The molecule has 4 rings (SSSR count). The van der Waals surface area contributed by atoms with Gasteiger partial charge in [-0.15, -0.1) is 16.4 Å². The lowest BCUT2D eigenvalue weighted by Crippen LogP contribution is -2.26. The summed E-state index contributed by atoms with van der Waals surface area (Å²) in [7, 11) is 0. The number of H-pyrrole nitrogens is 1. The third-order valence-corrected chi connectivity index (χ3v) is 4.76. The van der Waals surface area contributed by atoms with Crippen LogP contribution in [0.4, 0.5) is 5.95 Å². The molecule has 3 aromatic rings. The van der Waals surface area contributed by atoms with Crippen molar-refractivity contribution in [3.05, 3.63) is 30.3 Å². The van der Waals surface area contributed by atoms with Crippen LogP contribution in [-0.4, -0.2) is 34.3 Å². The number of anilines is 1. The van der Waals surface area contributed by atoms with Crippen LogP contribution in [-0.2, 0) is 0 Å². The maximum absolute atomic E-state index is 5.93. The number of rotatable bonds is 2. The SMILES string of the molecule is NC1CCN(c2n[nH]c(-c3cc4ccccc4s3)n2)C1. The van der Waals surface area contributed by atoms with Crippen molar-refractivity contribution in [1.82, 2.24) is 15.2 Å². The van der Waals surface area contributed by atoms with Gasteiger partial charge < -0.3 is 10.6 Å². The zero-order chi connectivity index (χ0) is 13.5. The van der Waals surface area contributed by atoms with Gasteiger partial charge in [0.05, 0.1) is 4.88 Å². The van der Waals surface area contributed by atoms with Crippen molar-refractivity contribution < 1.29 is 0 Å². The summed E-state index contributed by atoms with van der Waals surface area (Å²) in [6, 6.07) is 10.7. The molecule has 1 unspecified atom stereocenters. The fourth-order valence-electron chi connectivity index (χ4n) is 2.57. The average Bonchev–Trinajstić information content (AvgIpc) is 3.16. The Hall–Kier alpha value is -1.92. The van der Waals surface area contributed by atoms with Crippen LogP contribution in [0.2, 0.25) is 0 Å². The standard InChI is InChI=1S/C14H15N5S/c15-10-5-6-19(8-10)14-16-13(17-18-14)12-7-9-3-1-2-4-11(9)20-12/h1-4,7,10H,5-6,8,15H2,(H,16,17,18). The number of aromatic nitrogens is 3. The van der Waals surface area contributed by atoms with Crippen LogP contribution in [0.1, 0.15) is 6.42 Å². The second-order valence-electron chi connectivity index (χ2n) is 5.13. The monoisotopic (exact) mass is 285 g/mol. The Morgan fingerprint density at radius 1 is 1.35 bits per heavy atom. The Balaban J connectivity index is 1.67. The van der Waals surface area contributed by atoms with E-state index in [2.05, 4.69) is 50.4 Å². The zero-order valence-corrected chi connectivity index (χ0v) is 11.7. The third-order valence-electron chi connectivity index (χ3n) is 3.64. The zero-order valence-electron chi connectivity index (χ0n) is 10.9. The molecule has 5 nitrogen and oxygen atoms in total. The Bertz CT molecular complexity index is 714. The van der Waals surface area contributed by atoms with Gasteiger partial charge in [-0.25, -0.2) is 0 Å². The van der Waals surface area contributed by atoms with E-state index < -0.39 is 0 Å². The van der Waals surface area contributed by atoms with E-state index in [1.165, 1.54) is 10.1 Å². The summed E-state index contributed by atoms with van der Waals surface area (Å²) in [5.74, 6) is 1.59. The summed E-state index contributed by atoms with van der Waals surface area (Å²) in [6.45, 7) is 1.77. The first-order valence-corrected chi connectivity index (χ1v) is 7.53. The van der Waals surface area contributed by atoms with Gasteiger partial charge in [0.25, 0.3) is 0 Å². The van der Waals surface area contributed by atoms with Gasteiger partial charge >= 0.3 is 0 Å². The minimum absolute atomic E-state index is 0.237. The van der Waals surface area contributed by atoms with E-state index in [0.717, 1.165) is 36.2 Å². The van der Waals surface area contributed by atoms with Crippen LogP contribution in [0.5, 0.6) is 0 Å². The largest absolute Gasteiger partial charge is 0.338 e. The summed E-state index contributed by atoms with van der Waals surface area (Å²) in [5.41, 5.74) is 5.93. The van der Waals surface area contributed by atoms with E-state index in [1.807, 2.05) is 0 Å². The highest BCUT2D eigenvalue weighted by Gasteiger charge is 2.22. The molecule has 0 spiro atoms. The van der Waals surface area contributed by atoms with Crippen molar-refractivity contribution in [3.63, 3.8) is 0 Å². The fraction of sp³-hybridized carbons (Fsp3) is 0.286. The summed E-state index contributed by atoms with van der Waals surface area (Å²) >= 11 is 1.73. The first-order valence-electron chi connectivity index (χ1n) is 6.71.